The highest BCUT2D eigenvalue weighted by molar-refractivity contribution is 4.82. The molecule has 16 heavy (non-hydrogen) atoms. The van der Waals surface area contributed by atoms with Gasteiger partial charge in [0.1, 0.15) is 0 Å². The number of hydrogen-bond donors (Lipinski definition) is 1. The smallest absolute Gasteiger partial charge is 0.0221 e. The maximum Gasteiger partial charge on any atom is 0.0221 e. The van der Waals surface area contributed by atoms with Gasteiger partial charge in [-0.2, -0.15) is 0 Å². The van der Waals surface area contributed by atoms with Crippen molar-refractivity contribution in [3.8, 4) is 0 Å². The molecule has 2 aliphatic heterocycles. The van der Waals surface area contributed by atoms with E-state index in [0.717, 1.165) is 12.1 Å². The summed E-state index contributed by atoms with van der Waals surface area (Å²) in [5.41, 5.74) is 0. The minimum atomic E-state index is 0.742. The molecule has 2 rings (SSSR count). The Balaban J connectivity index is 1.75. The van der Waals surface area contributed by atoms with Gasteiger partial charge in [0.05, 0.1) is 0 Å². The molecule has 0 aromatic carbocycles. The van der Waals surface area contributed by atoms with E-state index in [1.165, 1.54) is 58.3 Å². The predicted molar refractivity (Wildman–Crippen MR) is 68.8 cm³/mol. The number of nitrogens with one attached hydrogen (secondary N) is 1. The van der Waals surface area contributed by atoms with Gasteiger partial charge < -0.3 is 15.1 Å². The quantitative estimate of drug-likeness (QED) is 0.777. The molecule has 0 bridgehead atoms. The molecule has 1 N–H and O–H groups in total. The molecular formula is C13H27N3. The first kappa shape index (κ1) is 12.3. The van der Waals surface area contributed by atoms with Crippen molar-refractivity contribution in [2.75, 3.05) is 40.3 Å². The summed E-state index contributed by atoms with van der Waals surface area (Å²) in [6.07, 6.45) is 6.90. The normalized spacial score (nSPS) is 33.2. The fourth-order valence-corrected chi connectivity index (χ4v) is 3.08. The van der Waals surface area contributed by atoms with Crippen LogP contribution < -0.4 is 5.32 Å². The lowest BCUT2D eigenvalue weighted by molar-refractivity contribution is 0.121. The Morgan fingerprint density at radius 3 is 2.81 bits per heavy atom. The topological polar surface area (TPSA) is 18.5 Å². The third-order valence-electron chi connectivity index (χ3n) is 4.14. The van der Waals surface area contributed by atoms with E-state index in [4.69, 9.17) is 0 Å². The first-order valence-electron chi connectivity index (χ1n) is 6.88. The molecule has 0 radical (unpaired) electrons. The van der Waals surface area contributed by atoms with Crippen molar-refractivity contribution in [2.45, 2.75) is 44.2 Å². The van der Waals surface area contributed by atoms with E-state index in [0.29, 0.717) is 0 Å². The number of piperidine rings is 2. The molecule has 2 fully saturated rings. The summed E-state index contributed by atoms with van der Waals surface area (Å²) in [5.74, 6) is 0. The average Bonchev–Trinajstić information content (AvgIpc) is 2.30. The van der Waals surface area contributed by atoms with E-state index < -0.39 is 0 Å². The monoisotopic (exact) mass is 225 g/mol. The van der Waals surface area contributed by atoms with E-state index >= 15 is 0 Å². The fraction of sp³-hybridized carbons (Fsp3) is 1.00. The molecule has 0 amide bonds. The lowest BCUT2D eigenvalue weighted by atomic mass is 10.0. The molecule has 0 saturated carbocycles. The Kier molecular flexibility index (Phi) is 4.62. The van der Waals surface area contributed by atoms with Crippen LogP contribution in [0.25, 0.3) is 0 Å². The molecule has 0 aromatic heterocycles. The Labute approximate surface area is 100 Å². The van der Waals surface area contributed by atoms with Gasteiger partial charge in [0, 0.05) is 25.2 Å². The van der Waals surface area contributed by atoms with Crippen molar-refractivity contribution in [1.82, 2.24) is 15.1 Å². The fourth-order valence-electron chi connectivity index (χ4n) is 3.08. The molecule has 3 heteroatoms. The zero-order valence-corrected chi connectivity index (χ0v) is 10.9. The SMILES string of the molecule is CN1CCCC(N(C)CC2CCCCN2)C1. The third kappa shape index (κ3) is 3.44. The minimum absolute atomic E-state index is 0.742. The molecular weight excluding hydrogens is 198 g/mol. The van der Waals surface area contributed by atoms with Gasteiger partial charge in [0.25, 0.3) is 0 Å². The summed E-state index contributed by atoms with van der Waals surface area (Å²) in [6.45, 7) is 5.00. The molecule has 94 valence electrons. The summed E-state index contributed by atoms with van der Waals surface area (Å²) in [6, 6.07) is 1.52. The minimum Gasteiger partial charge on any atom is -0.313 e. The number of likely N-dealkylation sites (N-methyl/N-ethyl adjacent to an activating group) is 2. The number of rotatable bonds is 3. The van der Waals surface area contributed by atoms with Gasteiger partial charge >= 0.3 is 0 Å². The maximum absolute atomic E-state index is 3.65. The molecule has 0 spiro atoms. The van der Waals surface area contributed by atoms with Gasteiger partial charge in [-0.15, -0.1) is 0 Å². The van der Waals surface area contributed by atoms with Gasteiger partial charge in [0.15, 0.2) is 0 Å². The van der Waals surface area contributed by atoms with E-state index in [-0.39, 0.29) is 0 Å². The zero-order valence-electron chi connectivity index (χ0n) is 10.9. The van der Waals surface area contributed by atoms with Crippen LogP contribution >= 0.6 is 0 Å². The van der Waals surface area contributed by atoms with Gasteiger partial charge in [-0.05, 0) is 52.9 Å². The summed E-state index contributed by atoms with van der Waals surface area (Å²) in [5, 5.41) is 3.65. The average molecular weight is 225 g/mol. The molecule has 0 aliphatic carbocycles. The first-order valence-corrected chi connectivity index (χ1v) is 6.88. The standard InChI is InChI=1S/C13H27N3/c1-15-9-5-7-13(11-15)16(2)10-12-6-3-4-8-14-12/h12-14H,3-11H2,1-2H3. The second kappa shape index (κ2) is 5.99. The van der Waals surface area contributed by atoms with Crippen LogP contribution in [-0.2, 0) is 0 Å². The van der Waals surface area contributed by atoms with Crippen LogP contribution in [0.3, 0.4) is 0 Å². The van der Waals surface area contributed by atoms with E-state index in [9.17, 15) is 0 Å². The molecule has 2 aliphatic rings. The molecule has 2 unspecified atom stereocenters. The number of hydrogen-bond acceptors (Lipinski definition) is 3. The third-order valence-corrected chi connectivity index (χ3v) is 4.14. The molecule has 2 saturated heterocycles. The van der Waals surface area contributed by atoms with Crippen molar-refractivity contribution < 1.29 is 0 Å². The van der Waals surface area contributed by atoms with Crippen LogP contribution in [0.2, 0.25) is 0 Å². The Hall–Kier alpha value is -0.120. The second-order valence-corrected chi connectivity index (χ2v) is 5.64. The first-order chi connectivity index (χ1) is 7.75. The van der Waals surface area contributed by atoms with Crippen molar-refractivity contribution in [2.24, 2.45) is 0 Å². The summed E-state index contributed by atoms with van der Waals surface area (Å²) in [4.78, 5) is 5.05. The molecule has 0 aromatic rings. The van der Waals surface area contributed by atoms with Crippen molar-refractivity contribution >= 4 is 0 Å². The van der Waals surface area contributed by atoms with Crippen LogP contribution in [0.5, 0.6) is 0 Å². The molecule has 3 nitrogen and oxygen atoms in total. The largest absolute Gasteiger partial charge is 0.313 e. The van der Waals surface area contributed by atoms with E-state index in [1.54, 1.807) is 0 Å². The second-order valence-electron chi connectivity index (χ2n) is 5.64. The van der Waals surface area contributed by atoms with Gasteiger partial charge in [-0.1, -0.05) is 6.42 Å². The highest BCUT2D eigenvalue weighted by Crippen LogP contribution is 2.15. The Morgan fingerprint density at radius 2 is 2.12 bits per heavy atom. The van der Waals surface area contributed by atoms with Gasteiger partial charge in [0.2, 0.25) is 0 Å². The zero-order chi connectivity index (χ0) is 11.4. The Bertz CT molecular complexity index is 201. The van der Waals surface area contributed by atoms with E-state index in [2.05, 4.69) is 29.2 Å². The van der Waals surface area contributed by atoms with Crippen LogP contribution in [0, 0.1) is 0 Å². The van der Waals surface area contributed by atoms with Crippen LogP contribution in [0.15, 0.2) is 0 Å². The maximum atomic E-state index is 3.65. The van der Waals surface area contributed by atoms with E-state index in [1.807, 2.05) is 0 Å². The lowest BCUT2D eigenvalue weighted by Gasteiger charge is -2.38. The lowest BCUT2D eigenvalue weighted by Crippen LogP contribution is -2.50. The number of likely N-dealkylation sites (tertiary alicyclic amines) is 1. The summed E-state index contributed by atoms with van der Waals surface area (Å²) >= 11 is 0. The summed E-state index contributed by atoms with van der Waals surface area (Å²) in [7, 11) is 4.55. The highest BCUT2D eigenvalue weighted by atomic mass is 15.2. The van der Waals surface area contributed by atoms with Crippen LogP contribution in [0.1, 0.15) is 32.1 Å². The summed E-state index contributed by atoms with van der Waals surface area (Å²) < 4.78 is 0. The number of nitrogens with zero attached hydrogens (tertiary/aromatic N) is 2. The van der Waals surface area contributed by atoms with Crippen LogP contribution in [0.4, 0.5) is 0 Å². The van der Waals surface area contributed by atoms with Crippen LogP contribution in [-0.4, -0.2) is 62.2 Å². The van der Waals surface area contributed by atoms with Gasteiger partial charge in [-0.25, -0.2) is 0 Å². The van der Waals surface area contributed by atoms with Crippen molar-refractivity contribution in [1.29, 1.82) is 0 Å². The van der Waals surface area contributed by atoms with Crippen molar-refractivity contribution in [3.05, 3.63) is 0 Å². The molecule has 2 atom stereocenters. The molecule has 2 heterocycles. The Morgan fingerprint density at radius 1 is 1.25 bits per heavy atom. The highest BCUT2D eigenvalue weighted by Gasteiger charge is 2.23. The van der Waals surface area contributed by atoms with Crippen molar-refractivity contribution in [3.63, 3.8) is 0 Å². The predicted octanol–water partition coefficient (Wildman–Crippen LogP) is 1.15. The van der Waals surface area contributed by atoms with Gasteiger partial charge in [-0.3, -0.25) is 0 Å².